The molecule has 2 aromatic heterocycles. The third-order valence-electron chi connectivity index (χ3n) is 9.00. The molecule has 4 heterocycles. The van der Waals surface area contributed by atoms with E-state index in [2.05, 4.69) is 9.44 Å². The van der Waals surface area contributed by atoms with Crippen LogP contribution in [-0.4, -0.2) is 108 Å². The molecule has 0 unspecified atom stereocenters. The van der Waals surface area contributed by atoms with Gasteiger partial charge in [0.05, 0.1) is 47.3 Å². The largest absolute Gasteiger partial charge is 0.444 e. The van der Waals surface area contributed by atoms with E-state index in [1.807, 2.05) is 20.8 Å². The van der Waals surface area contributed by atoms with Crippen molar-refractivity contribution >= 4 is 107 Å². The quantitative estimate of drug-likeness (QED) is 0.165. The number of anilines is 2. The van der Waals surface area contributed by atoms with E-state index in [4.69, 9.17) is 44.3 Å². The number of rotatable bonds is 10. The Morgan fingerprint density at radius 2 is 1.22 bits per heavy atom. The van der Waals surface area contributed by atoms with E-state index in [0.29, 0.717) is 90.6 Å². The molecule has 0 aliphatic carbocycles. The van der Waals surface area contributed by atoms with Crippen LogP contribution in [0.2, 0.25) is 15.1 Å². The number of carbonyl (C=O) groups is 3. The topological polar surface area (TPSA) is 172 Å². The Balaban J connectivity index is 0.000000230. The van der Waals surface area contributed by atoms with Crippen molar-refractivity contribution in [2.75, 3.05) is 61.9 Å². The number of carbonyl (C=O) groups excluding carboxylic acids is 3. The molecule has 2 N–H and O–H groups in total. The fourth-order valence-corrected chi connectivity index (χ4v) is 11.1. The summed E-state index contributed by atoms with van der Waals surface area (Å²) in [6.07, 6.45) is -0.210. The number of sulfonamides is 2. The van der Waals surface area contributed by atoms with Crippen molar-refractivity contribution in [2.45, 2.75) is 55.9 Å². The Morgan fingerprint density at radius 1 is 0.712 bits per heavy atom. The molecule has 21 heteroatoms. The highest BCUT2D eigenvalue weighted by Crippen LogP contribution is 2.31. The van der Waals surface area contributed by atoms with Crippen LogP contribution < -0.4 is 9.44 Å². The summed E-state index contributed by atoms with van der Waals surface area (Å²) in [5.74, 6) is -0.187. The van der Waals surface area contributed by atoms with Gasteiger partial charge in [0.2, 0.25) is 11.8 Å². The maximum atomic E-state index is 12.9. The Hall–Kier alpha value is -3.62. The molecule has 2 aliphatic rings. The Morgan fingerprint density at radius 3 is 1.75 bits per heavy atom. The lowest BCUT2D eigenvalue weighted by molar-refractivity contribution is -0.134. The number of morpholine rings is 1. The van der Waals surface area contributed by atoms with E-state index in [0.717, 1.165) is 0 Å². The van der Waals surface area contributed by atoms with Crippen molar-refractivity contribution in [1.29, 1.82) is 0 Å². The molecule has 4 aromatic rings. The summed E-state index contributed by atoms with van der Waals surface area (Å²) < 4.78 is 66.8. The first-order valence-electron chi connectivity index (χ1n) is 18.2. The maximum Gasteiger partial charge on any atom is 0.410 e. The highest BCUT2D eigenvalue weighted by atomic mass is 35.5. The third-order valence-corrected chi connectivity index (χ3v) is 14.6. The SMILES string of the molecule is Cc1c(Cl)cccc1S(=O)(=O)Nc1cscc1CC(=O)N1CCN(C(=O)OC(C)(C)C)CC1.O=C(Cc1cscc1NS(=O)(=O)c1ccc(Cl)cc1Cl)N1CCOCC1. The summed E-state index contributed by atoms with van der Waals surface area (Å²) in [7, 11) is -7.75. The molecule has 14 nitrogen and oxygen atoms in total. The van der Waals surface area contributed by atoms with Gasteiger partial charge >= 0.3 is 6.09 Å². The summed E-state index contributed by atoms with van der Waals surface area (Å²) in [6, 6.07) is 8.88. The van der Waals surface area contributed by atoms with Gasteiger partial charge in [0.15, 0.2) is 0 Å². The molecular weight excluding hydrogens is 905 g/mol. The Labute approximate surface area is 367 Å². The van der Waals surface area contributed by atoms with Crippen LogP contribution in [0, 0.1) is 6.92 Å². The number of nitrogens with one attached hydrogen (secondary N) is 2. The molecule has 59 heavy (non-hydrogen) atoms. The molecule has 0 atom stereocenters. The highest BCUT2D eigenvalue weighted by Gasteiger charge is 2.29. The first-order valence-corrected chi connectivity index (χ1v) is 24.2. The second-order valence-electron chi connectivity index (χ2n) is 14.5. The number of amides is 3. The zero-order valence-electron chi connectivity index (χ0n) is 32.6. The van der Waals surface area contributed by atoms with Crippen LogP contribution in [0.25, 0.3) is 0 Å². The molecule has 0 radical (unpaired) electrons. The second kappa shape index (κ2) is 19.8. The van der Waals surface area contributed by atoms with Crippen LogP contribution in [0.4, 0.5) is 16.2 Å². The van der Waals surface area contributed by atoms with Crippen LogP contribution >= 0.6 is 57.5 Å². The third kappa shape index (κ3) is 12.7. The molecule has 2 aliphatic heterocycles. The van der Waals surface area contributed by atoms with E-state index in [1.165, 1.54) is 46.9 Å². The average Bonchev–Trinajstić information content (AvgIpc) is 3.79. The molecule has 0 spiro atoms. The summed E-state index contributed by atoms with van der Waals surface area (Å²) in [5, 5.41) is 7.60. The molecule has 0 saturated carbocycles. The first-order chi connectivity index (χ1) is 27.7. The minimum atomic E-state index is -3.89. The maximum absolute atomic E-state index is 12.9. The highest BCUT2D eigenvalue weighted by molar-refractivity contribution is 7.93. The van der Waals surface area contributed by atoms with Crippen LogP contribution in [0.15, 0.2) is 67.7 Å². The van der Waals surface area contributed by atoms with Gasteiger partial charge in [-0.3, -0.25) is 19.0 Å². The summed E-state index contributed by atoms with van der Waals surface area (Å²) in [6.45, 7) is 10.8. The van der Waals surface area contributed by atoms with Gasteiger partial charge in [-0.05, 0) is 85.5 Å². The van der Waals surface area contributed by atoms with E-state index >= 15 is 0 Å². The van der Waals surface area contributed by atoms with Crippen molar-refractivity contribution in [3.63, 3.8) is 0 Å². The average molecular weight is 949 g/mol. The van der Waals surface area contributed by atoms with Gasteiger partial charge < -0.3 is 24.2 Å². The number of benzene rings is 2. The van der Waals surface area contributed by atoms with Gasteiger partial charge in [0, 0.05) is 60.1 Å². The molecular formula is C38H44Cl3N5O9S4. The Kier molecular flexibility index (Phi) is 15.6. The van der Waals surface area contributed by atoms with E-state index < -0.39 is 25.6 Å². The molecule has 320 valence electrons. The molecule has 2 saturated heterocycles. The number of thiophene rings is 2. The van der Waals surface area contributed by atoms with Gasteiger partial charge in [-0.15, -0.1) is 22.7 Å². The van der Waals surface area contributed by atoms with Gasteiger partial charge in [0.25, 0.3) is 20.0 Å². The predicted molar refractivity (Wildman–Crippen MR) is 232 cm³/mol. The number of halogens is 3. The Bertz CT molecular complexity index is 2370. The van der Waals surface area contributed by atoms with Crippen molar-refractivity contribution in [3.8, 4) is 0 Å². The van der Waals surface area contributed by atoms with Gasteiger partial charge in [-0.2, -0.15) is 0 Å². The summed E-state index contributed by atoms with van der Waals surface area (Å²) in [4.78, 5) is 42.5. The van der Waals surface area contributed by atoms with Gasteiger partial charge in [-0.1, -0.05) is 40.9 Å². The van der Waals surface area contributed by atoms with Crippen LogP contribution in [0.3, 0.4) is 0 Å². The van der Waals surface area contributed by atoms with Gasteiger partial charge in [0.1, 0.15) is 10.5 Å². The van der Waals surface area contributed by atoms with Crippen molar-refractivity contribution in [2.24, 2.45) is 0 Å². The molecule has 2 fully saturated rings. The number of piperazine rings is 1. The summed E-state index contributed by atoms with van der Waals surface area (Å²) >= 11 is 20.5. The molecule has 2 aromatic carbocycles. The van der Waals surface area contributed by atoms with Crippen LogP contribution in [0.5, 0.6) is 0 Å². The van der Waals surface area contributed by atoms with Gasteiger partial charge in [-0.25, -0.2) is 21.6 Å². The van der Waals surface area contributed by atoms with Crippen molar-refractivity contribution in [1.82, 2.24) is 14.7 Å². The monoisotopic (exact) mass is 947 g/mol. The smallest absolute Gasteiger partial charge is 0.410 e. The summed E-state index contributed by atoms with van der Waals surface area (Å²) in [5.41, 5.74) is 1.86. The lowest BCUT2D eigenvalue weighted by Crippen LogP contribution is -2.52. The first kappa shape index (κ1) is 46.4. The van der Waals surface area contributed by atoms with E-state index in [1.54, 1.807) is 55.3 Å². The zero-order chi connectivity index (χ0) is 43.1. The number of nitrogens with zero attached hydrogens (tertiary/aromatic N) is 3. The predicted octanol–water partition coefficient (Wildman–Crippen LogP) is 7.39. The minimum Gasteiger partial charge on any atom is -0.444 e. The fourth-order valence-electron chi connectivity index (χ4n) is 5.90. The normalized spacial score (nSPS) is 14.9. The molecule has 6 rings (SSSR count). The number of ether oxygens (including phenoxy) is 2. The van der Waals surface area contributed by atoms with Crippen molar-refractivity contribution in [3.05, 3.63) is 89.7 Å². The fraction of sp³-hybridized carbons (Fsp3) is 0.395. The molecule has 3 amide bonds. The van der Waals surface area contributed by atoms with Crippen molar-refractivity contribution < 1.29 is 40.7 Å². The number of hydrogen-bond acceptors (Lipinski definition) is 11. The standard InChI is InChI=1S/C22H28ClN3O5S2.C16H16Cl2N2O4S2/c1-15-17(23)6-5-7-19(15)33(29,30)24-18-14-32-13-16(18)12-20(27)25-8-10-26(11-9-25)21(28)31-22(2,3)4;17-12-1-2-15(13(18)8-12)26(22,23)19-14-10-25-9-11(14)7-16(21)20-3-5-24-6-4-20/h5-7,13-14,24H,8-12H2,1-4H3;1-2,8-10,19H,3-7H2. The zero-order valence-corrected chi connectivity index (χ0v) is 38.2. The molecule has 0 bridgehead atoms. The minimum absolute atomic E-state index is 0.0335. The lowest BCUT2D eigenvalue weighted by atomic mass is 10.2. The number of hydrogen-bond donors (Lipinski definition) is 2. The second-order valence-corrected chi connectivity index (χ2v) is 20.5. The lowest BCUT2D eigenvalue weighted by Gasteiger charge is -2.35. The van der Waals surface area contributed by atoms with E-state index in [-0.39, 0.29) is 45.6 Å². The van der Waals surface area contributed by atoms with Crippen LogP contribution in [-0.2, 0) is 52.0 Å². The van der Waals surface area contributed by atoms with Crippen LogP contribution in [0.1, 0.15) is 37.5 Å². The van der Waals surface area contributed by atoms with E-state index in [9.17, 15) is 31.2 Å².